The fourth-order valence-corrected chi connectivity index (χ4v) is 2.08. The van der Waals surface area contributed by atoms with E-state index in [-0.39, 0.29) is 0 Å². The maximum absolute atomic E-state index is 5.67. The van der Waals surface area contributed by atoms with E-state index in [2.05, 4.69) is 23.3 Å². The van der Waals surface area contributed by atoms with Gasteiger partial charge in [-0.3, -0.25) is 4.98 Å². The third-order valence-corrected chi connectivity index (χ3v) is 3.34. The molecule has 1 fully saturated rings. The quantitative estimate of drug-likeness (QED) is 0.735. The number of nitrogens with one attached hydrogen (secondary N) is 1. The summed E-state index contributed by atoms with van der Waals surface area (Å²) in [6.07, 6.45) is 7.27. The van der Waals surface area contributed by atoms with E-state index in [9.17, 15) is 0 Å². The molecule has 1 aliphatic carbocycles. The van der Waals surface area contributed by atoms with Crippen molar-refractivity contribution in [2.45, 2.75) is 39.2 Å². The van der Waals surface area contributed by atoms with E-state index in [4.69, 9.17) is 4.74 Å². The van der Waals surface area contributed by atoms with E-state index in [1.165, 1.54) is 25.7 Å². The summed E-state index contributed by atoms with van der Waals surface area (Å²) >= 11 is 0. The minimum atomic E-state index is 0.631. The first-order chi connectivity index (χ1) is 8.38. The van der Waals surface area contributed by atoms with Gasteiger partial charge in [-0.25, -0.2) is 0 Å². The molecule has 0 amide bonds. The van der Waals surface area contributed by atoms with E-state index in [1.54, 1.807) is 0 Å². The lowest BCUT2D eigenvalue weighted by atomic mass is 9.83. The molecule has 0 aliphatic heterocycles. The van der Waals surface area contributed by atoms with Gasteiger partial charge in [0.15, 0.2) is 0 Å². The highest BCUT2D eigenvalue weighted by Gasteiger charge is 2.16. The molecule has 94 valence electrons. The second-order valence-corrected chi connectivity index (χ2v) is 4.70. The highest BCUT2D eigenvalue weighted by molar-refractivity contribution is 5.42. The number of pyridine rings is 1. The van der Waals surface area contributed by atoms with Crippen LogP contribution in [0.15, 0.2) is 18.3 Å². The molecule has 1 heterocycles. The van der Waals surface area contributed by atoms with Gasteiger partial charge in [0.2, 0.25) is 0 Å². The molecular weight excluding hydrogens is 212 g/mol. The highest BCUT2D eigenvalue weighted by atomic mass is 16.5. The van der Waals surface area contributed by atoms with E-state index in [0.29, 0.717) is 6.61 Å². The average Bonchev–Trinajstić information content (AvgIpc) is 2.27. The van der Waals surface area contributed by atoms with Crippen LogP contribution in [0.2, 0.25) is 0 Å². The second kappa shape index (κ2) is 6.60. The minimum Gasteiger partial charge on any atom is -0.385 e. The maximum Gasteiger partial charge on any atom is 0.0888 e. The fraction of sp³-hybridized carbons (Fsp3) is 0.643. The molecule has 0 radical (unpaired) electrons. The van der Waals surface area contributed by atoms with Gasteiger partial charge >= 0.3 is 0 Å². The van der Waals surface area contributed by atoms with Crippen molar-refractivity contribution in [3.8, 4) is 0 Å². The number of rotatable bonds is 7. The summed E-state index contributed by atoms with van der Waals surface area (Å²) in [4.78, 5) is 4.31. The van der Waals surface area contributed by atoms with Gasteiger partial charge in [0.25, 0.3) is 0 Å². The van der Waals surface area contributed by atoms with Gasteiger partial charge < -0.3 is 10.1 Å². The predicted molar refractivity (Wildman–Crippen MR) is 70.0 cm³/mol. The lowest BCUT2D eigenvalue weighted by molar-refractivity contribution is 0.0930. The van der Waals surface area contributed by atoms with Crippen LogP contribution in [-0.4, -0.2) is 18.1 Å². The molecule has 1 saturated carbocycles. The molecule has 0 atom stereocenters. The summed E-state index contributed by atoms with van der Waals surface area (Å²) in [6, 6.07) is 4.05. The first-order valence-corrected chi connectivity index (χ1v) is 6.65. The van der Waals surface area contributed by atoms with Crippen LogP contribution in [0.5, 0.6) is 0 Å². The van der Waals surface area contributed by atoms with E-state index in [1.807, 2.05) is 12.3 Å². The first kappa shape index (κ1) is 12.4. The molecule has 2 rings (SSSR count). The van der Waals surface area contributed by atoms with E-state index in [0.717, 1.165) is 30.5 Å². The third-order valence-electron chi connectivity index (χ3n) is 3.34. The average molecular weight is 234 g/mol. The number of nitrogens with zero attached hydrogens (tertiary/aromatic N) is 1. The van der Waals surface area contributed by atoms with E-state index >= 15 is 0 Å². The van der Waals surface area contributed by atoms with Crippen molar-refractivity contribution in [3.05, 3.63) is 24.0 Å². The van der Waals surface area contributed by atoms with Gasteiger partial charge in [-0.05, 0) is 31.4 Å². The van der Waals surface area contributed by atoms with Crippen molar-refractivity contribution in [1.82, 2.24) is 4.98 Å². The number of ether oxygens (including phenoxy) is 1. The molecular formula is C14H22N2O. The molecule has 1 aromatic rings. The zero-order valence-electron chi connectivity index (χ0n) is 10.6. The van der Waals surface area contributed by atoms with Gasteiger partial charge in [0, 0.05) is 25.0 Å². The van der Waals surface area contributed by atoms with Crippen molar-refractivity contribution >= 4 is 5.69 Å². The van der Waals surface area contributed by atoms with Crippen LogP contribution < -0.4 is 5.32 Å². The number of anilines is 1. The zero-order valence-corrected chi connectivity index (χ0v) is 10.6. The largest absolute Gasteiger partial charge is 0.385 e. The van der Waals surface area contributed by atoms with Crippen LogP contribution in [0.4, 0.5) is 5.69 Å². The molecule has 17 heavy (non-hydrogen) atoms. The number of hydrogen-bond acceptors (Lipinski definition) is 3. The van der Waals surface area contributed by atoms with Crippen LogP contribution in [0.25, 0.3) is 0 Å². The molecule has 0 unspecified atom stereocenters. The SMILES string of the molecule is CCNc1ccnc(COCCC2CCC2)c1. The molecule has 0 saturated heterocycles. The van der Waals surface area contributed by atoms with Crippen molar-refractivity contribution < 1.29 is 4.74 Å². The molecule has 0 aromatic carbocycles. The van der Waals surface area contributed by atoms with Crippen molar-refractivity contribution in [2.75, 3.05) is 18.5 Å². The standard InChI is InChI=1S/C14H22N2O/c1-2-15-13-6-8-16-14(10-13)11-17-9-7-12-4-3-5-12/h6,8,10,12H,2-5,7,9,11H2,1H3,(H,15,16). The minimum absolute atomic E-state index is 0.631. The van der Waals surface area contributed by atoms with Crippen molar-refractivity contribution in [3.63, 3.8) is 0 Å². The molecule has 0 spiro atoms. The zero-order chi connectivity index (χ0) is 11.9. The smallest absolute Gasteiger partial charge is 0.0888 e. The van der Waals surface area contributed by atoms with Crippen LogP contribution in [0, 0.1) is 5.92 Å². The monoisotopic (exact) mass is 234 g/mol. The van der Waals surface area contributed by atoms with Crippen LogP contribution in [-0.2, 0) is 11.3 Å². The van der Waals surface area contributed by atoms with Gasteiger partial charge in [0.1, 0.15) is 0 Å². The first-order valence-electron chi connectivity index (χ1n) is 6.65. The summed E-state index contributed by atoms with van der Waals surface area (Å²) in [5.41, 5.74) is 2.14. The highest BCUT2D eigenvalue weighted by Crippen LogP contribution is 2.29. The van der Waals surface area contributed by atoms with Gasteiger partial charge in [0.05, 0.1) is 12.3 Å². The Hall–Kier alpha value is -1.09. The maximum atomic E-state index is 5.67. The molecule has 1 aromatic heterocycles. The summed E-state index contributed by atoms with van der Waals surface area (Å²) < 4.78 is 5.67. The summed E-state index contributed by atoms with van der Waals surface area (Å²) in [7, 11) is 0. The summed E-state index contributed by atoms with van der Waals surface area (Å²) in [5, 5.41) is 3.28. The van der Waals surface area contributed by atoms with Crippen LogP contribution in [0.3, 0.4) is 0 Å². The summed E-state index contributed by atoms with van der Waals surface area (Å²) in [6.45, 7) is 4.53. The summed E-state index contributed by atoms with van der Waals surface area (Å²) in [5.74, 6) is 0.927. The Kier molecular flexibility index (Phi) is 4.80. The Balaban J connectivity index is 1.68. The van der Waals surface area contributed by atoms with Gasteiger partial charge in [-0.2, -0.15) is 0 Å². The molecule has 3 heteroatoms. The number of aromatic nitrogens is 1. The van der Waals surface area contributed by atoms with Gasteiger partial charge in [-0.1, -0.05) is 19.3 Å². The number of hydrogen-bond donors (Lipinski definition) is 1. The van der Waals surface area contributed by atoms with Crippen molar-refractivity contribution in [2.24, 2.45) is 5.92 Å². The lowest BCUT2D eigenvalue weighted by Gasteiger charge is -2.24. The van der Waals surface area contributed by atoms with Crippen LogP contribution >= 0.6 is 0 Å². The Bertz CT molecular complexity index is 337. The molecule has 1 aliphatic rings. The Morgan fingerprint density at radius 1 is 1.47 bits per heavy atom. The fourth-order valence-electron chi connectivity index (χ4n) is 2.08. The Morgan fingerprint density at radius 2 is 2.35 bits per heavy atom. The second-order valence-electron chi connectivity index (χ2n) is 4.70. The third kappa shape index (κ3) is 4.00. The topological polar surface area (TPSA) is 34.2 Å². The Labute approximate surface area is 104 Å². The molecule has 0 bridgehead atoms. The van der Waals surface area contributed by atoms with Crippen LogP contribution in [0.1, 0.15) is 38.3 Å². The normalized spacial score (nSPS) is 15.6. The Morgan fingerprint density at radius 3 is 3.06 bits per heavy atom. The van der Waals surface area contributed by atoms with E-state index < -0.39 is 0 Å². The predicted octanol–water partition coefficient (Wildman–Crippen LogP) is 3.22. The molecule has 1 N–H and O–H groups in total. The lowest BCUT2D eigenvalue weighted by Crippen LogP contribution is -2.13. The van der Waals surface area contributed by atoms with Crippen molar-refractivity contribution in [1.29, 1.82) is 0 Å². The van der Waals surface area contributed by atoms with Gasteiger partial charge in [-0.15, -0.1) is 0 Å². The molecule has 3 nitrogen and oxygen atoms in total.